The van der Waals surface area contributed by atoms with E-state index in [9.17, 15) is 5.11 Å². The third-order valence-electron chi connectivity index (χ3n) is 1.53. The van der Waals surface area contributed by atoms with Gasteiger partial charge in [0.2, 0.25) is 0 Å². The average Bonchev–Trinajstić information content (AvgIpc) is 2.19. The summed E-state index contributed by atoms with van der Waals surface area (Å²) >= 11 is 1.51. The van der Waals surface area contributed by atoms with Crippen molar-refractivity contribution in [1.29, 1.82) is 0 Å². The third kappa shape index (κ3) is 3.54. The Morgan fingerprint density at radius 1 is 1.38 bits per heavy atom. The van der Waals surface area contributed by atoms with Crippen molar-refractivity contribution >= 4 is 11.8 Å². The van der Waals surface area contributed by atoms with Crippen LogP contribution in [0.5, 0.6) is 0 Å². The lowest BCUT2D eigenvalue weighted by Crippen LogP contribution is -1.91. The van der Waals surface area contributed by atoms with Crippen LogP contribution in [0.3, 0.4) is 0 Å². The third-order valence-corrected chi connectivity index (χ3v) is 2.08. The molecule has 0 fully saturated rings. The average molecular weight is 192 g/mol. The van der Waals surface area contributed by atoms with E-state index in [0.29, 0.717) is 0 Å². The van der Waals surface area contributed by atoms with E-state index < -0.39 is 6.10 Å². The molecule has 1 aromatic carbocycles. The summed E-state index contributed by atoms with van der Waals surface area (Å²) in [6.07, 6.45) is -0.653. The Labute approximate surface area is 83.2 Å². The Kier molecular flexibility index (Phi) is 4.45. The predicted octanol–water partition coefficient (Wildman–Crippen LogP) is 2.43. The molecule has 13 heavy (non-hydrogen) atoms. The van der Waals surface area contributed by atoms with Gasteiger partial charge in [0.05, 0.1) is 0 Å². The summed E-state index contributed by atoms with van der Waals surface area (Å²) in [4.78, 5) is 0. The first-order valence-electron chi connectivity index (χ1n) is 4.20. The SMILES string of the molecule is CCSC#CC(O)c1ccccc1. The van der Waals surface area contributed by atoms with E-state index in [-0.39, 0.29) is 0 Å². The molecular formula is C11H12OS. The lowest BCUT2D eigenvalue weighted by atomic mass is 10.1. The normalized spacial score (nSPS) is 11.5. The second kappa shape index (κ2) is 5.69. The second-order valence-electron chi connectivity index (χ2n) is 2.49. The van der Waals surface area contributed by atoms with E-state index in [0.717, 1.165) is 11.3 Å². The quantitative estimate of drug-likeness (QED) is 0.726. The van der Waals surface area contributed by atoms with Gasteiger partial charge in [-0.3, -0.25) is 0 Å². The van der Waals surface area contributed by atoms with Crippen LogP contribution < -0.4 is 0 Å². The Morgan fingerprint density at radius 2 is 2.08 bits per heavy atom. The zero-order chi connectivity index (χ0) is 9.52. The van der Waals surface area contributed by atoms with Crippen LogP contribution in [0.15, 0.2) is 30.3 Å². The Morgan fingerprint density at radius 3 is 2.69 bits per heavy atom. The van der Waals surface area contributed by atoms with Gasteiger partial charge in [0.25, 0.3) is 0 Å². The largest absolute Gasteiger partial charge is 0.376 e. The maximum absolute atomic E-state index is 9.56. The minimum Gasteiger partial charge on any atom is -0.376 e. The molecule has 0 amide bonds. The summed E-state index contributed by atoms with van der Waals surface area (Å²) in [6, 6.07) is 9.46. The second-order valence-corrected chi connectivity index (χ2v) is 3.56. The van der Waals surface area contributed by atoms with E-state index >= 15 is 0 Å². The molecule has 0 spiro atoms. The van der Waals surface area contributed by atoms with Crippen LogP contribution in [0.2, 0.25) is 0 Å². The zero-order valence-corrected chi connectivity index (χ0v) is 8.34. The van der Waals surface area contributed by atoms with Gasteiger partial charge in [0.15, 0.2) is 0 Å². The zero-order valence-electron chi connectivity index (χ0n) is 7.53. The Balaban J connectivity index is 2.60. The molecule has 0 aliphatic carbocycles. The number of hydrogen-bond donors (Lipinski definition) is 1. The van der Waals surface area contributed by atoms with Gasteiger partial charge >= 0.3 is 0 Å². The first-order chi connectivity index (χ1) is 6.34. The fourth-order valence-corrected chi connectivity index (χ4v) is 1.23. The van der Waals surface area contributed by atoms with Crippen LogP contribution in [0.25, 0.3) is 0 Å². The first kappa shape index (κ1) is 10.2. The highest BCUT2D eigenvalue weighted by atomic mass is 32.2. The highest BCUT2D eigenvalue weighted by Crippen LogP contribution is 2.10. The fourth-order valence-electron chi connectivity index (χ4n) is 0.888. The van der Waals surface area contributed by atoms with Gasteiger partial charge < -0.3 is 5.11 Å². The topological polar surface area (TPSA) is 20.2 Å². The van der Waals surface area contributed by atoms with Gasteiger partial charge in [-0.2, -0.15) is 0 Å². The van der Waals surface area contributed by atoms with Crippen LogP contribution in [0.4, 0.5) is 0 Å². The van der Waals surface area contributed by atoms with Crippen molar-refractivity contribution in [1.82, 2.24) is 0 Å². The lowest BCUT2D eigenvalue weighted by Gasteiger charge is -2.01. The van der Waals surface area contributed by atoms with Gasteiger partial charge in [-0.1, -0.05) is 54.9 Å². The molecule has 68 valence electrons. The molecule has 1 aromatic rings. The number of aliphatic hydroxyl groups excluding tert-OH is 1. The van der Waals surface area contributed by atoms with Crippen molar-refractivity contribution in [2.45, 2.75) is 13.0 Å². The van der Waals surface area contributed by atoms with Crippen LogP contribution in [-0.4, -0.2) is 10.9 Å². The first-order valence-corrected chi connectivity index (χ1v) is 5.18. The molecule has 0 radical (unpaired) electrons. The standard InChI is InChI=1S/C11H12OS/c1-2-13-9-8-11(12)10-6-4-3-5-7-10/h3-7,11-12H,2H2,1H3. The molecule has 0 saturated heterocycles. The minimum absolute atomic E-state index is 0.653. The monoisotopic (exact) mass is 192 g/mol. The molecule has 1 atom stereocenters. The summed E-state index contributed by atoms with van der Waals surface area (Å²) < 4.78 is 0. The Hall–Kier alpha value is -0.910. The molecule has 0 saturated carbocycles. The lowest BCUT2D eigenvalue weighted by molar-refractivity contribution is 0.238. The molecule has 1 nitrogen and oxygen atoms in total. The summed E-state index contributed by atoms with van der Waals surface area (Å²) in [7, 11) is 0. The van der Waals surface area contributed by atoms with Crippen LogP contribution in [-0.2, 0) is 0 Å². The molecule has 0 aliphatic heterocycles. The molecule has 1 N–H and O–H groups in total. The van der Waals surface area contributed by atoms with E-state index in [2.05, 4.69) is 11.2 Å². The number of aliphatic hydroxyl groups is 1. The van der Waals surface area contributed by atoms with Gasteiger partial charge in [0.1, 0.15) is 6.10 Å². The Bertz CT molecular complexity index is 297. The molecule has 0 aliphatic rings. The van der Waals surface area contributed by atoms with Crippen LogP contribution >= 0.6 is 11.8 Å². The van der Waals surface area contributed by atoms with Crippen molar-refractivity contribution < 1.29 is 5.11 Å². The van der Waals surface area contributed by atoms with E-state index in [4.69, 9.17) is 0 Å². The number of benzene rings is 1. The van der Waals surface area contributed by atoms with Gasteiger partial charge in [0, 0.05) is 5.75 Å². The molecular weight excluding hydrogens is 180 g/mol. The molecule has 0 heterocycles. The highest BCUT2D eigenvalue weighted by Gasteiger charge is 2.00. The molecule has 0 aromatic heterocycles. The summed E-state index contributed by atoms with van der Waals surface area (Å²) in [6.45, 7) is 2.04. The van der Waals surface area contributed by atoms with Crippen molar-refractivity contribution in [3.63, 3.8) is 0 Å². The van der Waals surface area contributed by atoms with Gasteiger partial charge in [-0.25, -0.2) is 0 Å². The molecule has 1 unspecified atom stereocenters. The maximum Gasteiger partial charge on any atom is 0.141 e. The summed E-state index contributed by atoms with van der Waals surface area (Å²) in [5.74, 6) is 3.72. The highest BCUT2D eigenvalue weighted by molar-refractivity contribution is 8.03. The van der Waals surface area contributed by atoms with Crippen molar-refractivity contribution in [2.75, 3.05) is 5.75 Å². The van der Waals surface area contributed by atoms with Gasteiger partial charge in [-0.05, 0) is 10.8 Å². The number of hydrogen-bond acceptors (Lipinski definition) is 2. The van der Waals surface area contributed by atoms with Crippen molar-refractivity contribution in [3.05, 3.63) is 35.9 Å². The van der Waals surface area contributed by atoms with E-state index in [1.165, 1.54) is 11.8 Å². The number of thioether (sulfide) groups is 1. The minimum atomic E-state index is -0.653. The summed E-state index contributed by atoms with van der Waals surface area (Å²) in [5.41, 5.74) is 0.853. The van der Waals surface area contributed by atoms with Crippen LogP contribution in [0.1, 0.15) is 18.6 Å². The van der Waals surface area contributed by atoms with Gasteiger partial charge in [-0.15, -0.1) is 0 Å². The predicted molar refractivity (Wildman–Crippen MR) is 57.3 cm³/mol. The summed E-state index contributed by atoms with van der Waals surface area (Å²) in [5, 5.41) is 12.4. The van der Waals surface area contributed by atoms with Crippen molar-refractivity contribution in [2.24, 2.45) is 0 Å². The van der Waals surface area contributed by atoms with E-state index in [1.807, 2.05) is 37.3 Å². The fraction of sp³-hybridized carbons (Fsp3) is 0.273. The molecule has 1 rings (SSSR count). The molecule has 2 heteroatoms. The van der Waals surface area contributed by atoms with Crippen molar-refractivity contribution in [3.8, 4) is 11.2 Å². The smallest absolute Gasteiger partial charge is 0.141 e. The number of rotatable bonds is 2. The van der Waals surface area contributed by atoms with E-state index in [1.54, 1.807) is 0 Å². The maximum atomic E-state index is 9.56. The van der Waals surface area contributed by atoms with Crippen LogP contribution in [0, 0.1) is 11.2 Å². The molecule has 0 bridgehead atoms.